The van der Waals surface area contributed by atoms with Gasteiger partial charge in [-0.25, -0.2) is 4.79 Å². The fourth-order valence-electron chi connectivity index (χ4n) is 2.27. The van der Waals surface area contributed by atoms with Gasteiger partial charge in [0.25, 0.3) is 0 Å². The van der Waals surface area contributed by atoms with Crippen molar-refractivity contribution in [1.29, 1.82) is 5.26 Å². The molecule has 3 aromatic rings. The Bertz CT molecular complexity index is 936. The van der Waals surface area contributed by atoms with E-state index in [-0.39, 0.29) is 6.61 Å². The lowest BCUT2D eigenvalue weighted by atomic mass is 10.1. The number of hydrogen-bond acceptors (Lipinski definition) is 5. The Labute approximate surface area is 132 Å². The van der Waals surface area contributed by atoms with Crippen molar-refractivity contribution in [2.45, 2.75) is 0 Å². The Morgan fingerprint density at radius 2 is 1.83 bits per heavy atom. The van der Waals surface area contributed by atoms with E-state index in [0.717, 1.165) is 16.7 Å². The zero-order chi connectivity index (χ0) is 16.2. The molecule has 0 atom stereocenters. The minimum absolute atomic E-state index is 0.0559. The summed E-state index contributed by atoms with van der Waals surface area (Å²) in [4.78, 5) is 12.2. The van der Waals surface area contributed by atoms with Crippen molar-refractivity contribution in [2.24, 2.45) is 0 Å². The molecule has 0 fully saturated rings. The second kappa shape index (κ2) is 6.24. The molecule has 0 spiro atoms. The van der Waals surface area contributed by atoms with Gasteiger partial charge in [0, 0.05) is 11.5 Å². The van der Waals surface area contributed by atoms with Crippen LogP contribution in [0.1, 0.15) is 0 Å². The van der Waals surface area contributed by atoms with Crippen molar-refractivity contribution in [3.05, 3.63) is 59.0 Å². The summed E-state index contributed by atoms with van der Waals surface area (Å²) in [7, 11) is 1.59. The van der Waals surface area contributed by atoms with Gasteiger partial charge in [0.05, 0.1) is 12.7 Å². The molecule has 5 nitrogen and oxygen atoms in total. The number of nitrogens with zero attached hydrogens (tertiary/aromatic N) is 1. The Morgan fingerprint density at radius 1 is 1.09 bits per heavy atom. The number of hydrogen-bond donors (Lipinski definition) is 0. The maximum atomic E-state index is 12.2. The van der Waals surface area contributed by atoms with Crippen LogP contribution in [0.3, 0.4) is 0 Å². The number of methoxy groups -OCH3 is 1. The number of nitriles is 1. The predicted molar refractivity (Wildman–Crippen MR) is 85.6 cm³/mol. The molecule has 3 rings (SSSR count). The first-order valence-electron chi connectivity index (χ1n) is 6.93. The molecule has 0 radical (unpaired) electrons. The molecule has 0 saturated heterocycles. The molecule has 0 saturated carbocycles. The van der Waals surface area contributed by atoms with Crippen molar-refractivity contribution >= 4 is 11.0 Å². The highest BCUT2D eigenvalue weighted by Gasteiger charge is 2.09. The SMILES string of the molecule is COc1ccc(-c2cc3ccc(OCC#N)cc3oc2=O)cc1. The first-order valence-corrected chi connectivity index (χ1v) is 6.93. The van der Waals surface area contributed by atoms with Gasteiger partial charge in [-0.1, -0.05) is 12.1 Å². The molecule has 0 N–H and O–H groups in total. The fraction of sp³-hybridized carbons (Fsp3) is 0.111. The first kappa shape index (κ1) is 14.7. The minimum Gasteiger partial charge on any atom is -0.497 e. The Morgan fingerprint density at radius 3 is 2.52 bits per heavy atom. The van der Waals surface area contributed by atoms with E-state index >= 15 is 0 Å². The topological polar surface area (TPSA) is 72.5 Å². The smallest absolute Gasteiger partial charge is 0.344 e. The van der Waals surface area contributed by atoms with Crippen molar-refractivity contribution < 1.29 is 13.9 Å². The molecule has 5 heteroatoms. The lowest BCUT2D eigenvalue weighted by Crippen LogP contribution is -2.03. The largest absolute Gasteiger partial charge is 0.497 e. The van der Waals surface area contributed by atoms with E-state index in [0.29, 0.717) is 16.9 Å². The quantitative estimate of drug-likeness (QED) is 0.691. The minimum atomic E-state index is -0.430. The number of rotatable bonds is 4. The first-order chi connectivity index (χ1) is 11.2. The monoisotopic (exact) mass is 307 g/mol. The zero-order valence-corrected chi connectivity index (χ0v) is 12.4. The highest BCUT2D eigenvalue weighted by molar-refractivity contribution is 5.82. The van der Waals surface area contributed by atoms with Crippen LogP contribution >= 0.6 is 0 Å². The summed E-state index contributed by atoms with van der Waals surface area (Å²) in [5.74, 6) is 1.21. The average Bonchev–Trinajstić information content (AvgIpc) is 2.59. The molecule has 1 heterocycles. The van der Waals surface area contributed by atoms with E-state index in [2.05, 4.69) is 0 Å². The zero-order valence-electron chi connectivity index (χ0n) is 12.4. The molecule has 0 aliphatic heterocycles. The van der Waals surface area contributed by atoms with Crippen LogP contribution in [0.15, 0.2) is 57.7 Å². The molecule has 1 aromatic heterocycles. The van der Waals surface area contributed by atoms with Crippen LogP contribution < -0.4 is 15.1 Å². The van der Waals surface area contributed by atoms with Gasteiger partial charge < -0.3 is 13.9 Å². The van der Waals surface area contributed by atoms with Crippen molar-refractivity contribution in [1.82, 2.24) is 0 Å². The Kier molecular flexibility index (Phi) is 3.98. The summed E-state index contributed by atoms with van der Waals surface area (Å²) in [6.45, 7) is -0.0559. The molecule has 114 valence electrons. The van der Waals surface area contributed by atoms with Gasteiger partial charge in [0.2, 0.25) is 0 Å². The van der Waals surface area contributed by atoms with Crippen LogP contribution in [0.2, 0.25) is 0 Å². The fourth-order valence-corrected chi connectivity index (χ4v) is 2.27. The third kappa shape index (κ3) is 3.01. The molecular weight excluding hydrogens is 294 g/mol. The Hall–Kier alpha value is -3.26. The lowest BCUT2D eigenvalue weighted by molar-refractivity contribution is 0.368. The summed E-state index contributed by atoms with van der Waals surface area (Å²) in [6, 6.07) is 16.0. The van der Waals surface area contributed by atoms with Crippen molar-refractivity contribution in [2.75, 3.05) is 13.7 Å². The van der Waals surface area contributed by atoms with Crippen molar-refractivity contribution in [3.63, 3.8) is 0 Å². The summed E-state index contributed by atoms with van der Waals surface area (Å²) >= 11 is 0. The van der Waals surface area contributed by atoms with Gasteiger partial charge in [-0.15, -0.1) is 0 Å². The molecule has 23 heavy (non-hydrogen) atoms. The van der Waals surface area contributed by atoms with Crippen LogP contribution in [-0.2, 0) is 0 Å². The molecule has 2 aromatic carbocycles. The molecule has 0 aliphatic carbocycles. The number of ether oxygens (including phenoxy) is 2. The van der Waals surface area contributed by atoms with Gasteiger partial charge >= 0.3 is 5.63 Å². The summed E-state index contributed by atoms with van der Waals surface area (Å²) in [6.07, 6.45) is 0. The van der Waals surface area contributed by atoms with E-state index in [9.17, 15) is 4.79 Å². The third-order valence-electron chi connectivity index (χ3n) is 3.41. The van der Waals surface area contributed by atoms with E-state index < -0.39 is 5.63 Å². The standard InChI is InChI=1S/C18H13NO4/c1-21-14-5-2-12(3-6-14)16-10-13-4-7-15(22-9-8-19)11-17(13)23-18(16)20/h2-7,10-11H,9H2,1H3. The van der Waals surface area contributed by atoms with Crippen molar-refractivity contribution in [3.8, 4) is 28.7 Å². The molecule has 0 unspecified atom stereocenters. The van der Waals surface area contributed by atoms with Crippen LogP contribution in [0.5, 0.6) is 11.5 Å². The average molecular weight is 307 g/mol. The molecular formula is C18H13NO4. The molecule has 0 aliphatic rings. The molecule has 0 amide bonds. The third-order valence-corrected chi connectivity index (χ3v) is 3.41. The van der Waals surface area contributed by atoms with Crippen LogP contribution in [0, 0.1) is 11.3 Å². The maximum absolute atomic E-state index is 12.2. The molecule has 0 bridgehead atoms. The number of benzene rings is 2. The van der Waals surface area contributed by atoms with E-state index in [1.165, 1.54) is 0 Å². The van der Waals surface area contributed by atoms with Crippen LogP contribution in [0.4, 0.5) is 0 Å². The van der Waals surface area contributed by atoms with Gasteiger partial charge in [-0.05, 0) is 35.9 Å². The normalized spacial score (nSPS) is 10.3. The van der Waals surface area contributed by atoms with Crippen LogP contribution in [-0.4, -0.2) is 13.7 Å². The Balaban J connectivity index is 2.04. The number of fused-ring (bicyclic) bond motifs is 1. The summed E-state index contributed by atoms with van der Waals surface area (Å²) in [5, 5.41) is 9.30. The lowest BCUT2D eigenvalue weighted by Gasteiger charge is -2.06. The second-order valence-electron chi connectivity index (χ2n) is 4.82. The highest BCUT2D eigenvalue weighted by Crippen LogP contribution is 2.25. The van der Waals surface area contributed by atoms with E-state index in [1.807, 2.05) is 6.07 Å². The summed E-state index contributed by atoms with van der Waals surface area (Å²) < 4.78 is 15.7. The van der Waals surface area contributed by atoms with Gasteiger partial charge in [0.15, 0.2) is 6.61 Å². The predicted octanol–water partition coefficient (Wildman–Crippen LogP) is 3.37. The van der Waals surface area contributed by atoms with Crippen LogP contribution in [0.25, 0.3) is 22.1 Å². The second-order valence-corrected chi connectivity index (χ2v) is 4.82. The van der Waals surface area contributed by atoms with Gasteiger partial charge in [-0.3, -0.25) is 0 Å². The van der Waals surface area contributed by atoms with E-state index in [4.69, 9.17) is 19.2 Å². The van der Waals surface area contributed by atoms with Gasteiger partial charge in [-0.2, -0.15) is 5.26 Å². The highest BCUT2D eigenvalue weighted by atomic mass is 16.5. The van der Waals surface area contributed by atoms with Gasteiger partial charge in [0.1, 0.15) is 23.2 Å². The van der Waals surface area contributed by atoms with E-state index in [1.54, 1.807) is 55.6 Å². The maximum Gasteiger partial charge on any atom is 0.344 e. The summed E-state index contributed by atoms with van der Waals surface area (Å²) in [5.41, 5.74) is 1.22.